The molecule has 1 radical (unpaired) electrons. The number of hydrogen-bond donors (Lipinski definition) is 0. The molecule has 0 atom stereocenters. The highest BCUT2D eigenvalue weighted by Gasteiger charge is 2.06. The van der Waals surface area contributed by atoms with Crippen LogP contribution >= 0.6 is 11.3 Å². The summed E-state index contributed by atoms with van der Waals surface area (Å²) < 4.78 is 0. The van der Waals surface area contributed by atoms with Gasteiger partial charge in [-0.25, -0.2) is 4.98 Å². The van der Waals surface area contributed by atoms with Crippen LogP contribution in [0, 0.1) is 12.4 Å². The van der Waals surface area contributed by atoms with Gasteiger partial charge < -0.3 is 0 Å². The van der Waals surface area contributed by atoms with Crippen LogP contribution in [-0.4, -0.2) is 4.98 Å². The van der Waals surface area contributed by atoms with E-state index in [0.717, 1.165) is 5.69 Å². The zero-order chi connectivity index (χ0) is 10.8. The van der Waals surface area contributed by atoms with Gasteiger partial charge in [0, 0.05) is 10.9 Å². The average molecular weight is 216 g/mol. The minimum Gasteiger partial charge on any atom is -0.233 e. The predicted molar refractivity (Wildman–Crippen MR) is 65.2 cm³/mol. The Bertz CT molecular complexity index is 444. The number of benzene rings is 1. The first-order valence-corrected chi connectivity index (χ1v) is 5.99. The molecular formula is C13H14NS. The lowest BCUT2D eigenvalue weighted by atomic mass is 9.96. The molecule has 0 amide bonds. The van der Waals surface area contributed by atoms with Gasteiger partial charge in [0.25, 0.3) is 0 Å². The van der Waals surface area contributed by atoms with E-state index in [9.17, 15) is 0 Å². The third kappa shape index (κ3) is 2.10. The van der Waals surface area contributed by atoms with Gasteiger partial charge in [0.2, 0.25) is 0 Å². The minimum atomic E-state index is 0.584. The summed E-state index contributed by atoms with van der Waals surface area (Å²) in [5.74, 6) is 0.584. The van der Waals surface area contributed by atoms with Crippen LogP contribution in [0.1, 0.15) is 30.9 Å². The molecule has 0 saturated heterocycles. The SMILES string of the molecule is Cc1cc(-c2cs[c]n2)ccc1C(C)C. The smallest absolute Gasteiger partial charge is 0.152 e. The molecular weight excluding hydrogens is 202 g/mol. The van der Waals surface area contributed by atoms with E-state index >= 15 is 0 Å². The van der Waals surface area contributed by atoms with Gasteiger partial charge in [-0.05, 0) is 30.0 Å². The van der Waals surface area contributed by atoms with E-state index in [0.29, 0.717) is 5.92 Å². The van der Waals surface area contributed by atoms with Gasteiger partial charge in [0.1, 0.15) is 0 Å². The van der Waals surface area contributed by atoms with Crippen molar-refractivity contribution in [3.63, 3.8) is 0 Å². The number of aryl methyl sites for hydroxylation is 1. The number of hydrogen-bond acceptors (Lipinski definition) is 2. The molecule has 1 nitrogen and oxygen atoms in total. The fourth-order valence-corrected chi connectivity index (χ4v) is 2.30. The highest BCUT2D eigenvalue weighted by Crippen LogP contribution is 2.25. The van der Waals surface area contributed by atoms with E-state index in [-0.39, 0.29) is 0 Å². The Morgan fingerprint density at radius 1 is 1.33 bits per heavy atom. The summed E-state index contributed by atoms with van der Waals surface area (Å²) in [6.07, 6.45) is 0. The van der Waals surface area contributed by atoms with Crippen molar-refractivity contribution in [1.29, 1.82) is 0 Å². The number of thiazole rings is 1. The van der Waals surface area contributed by atoms with Gasteiger partial charge in [-0.1, -0.05) is 26.0 Å². The second kappa shape index (κ2) is 4.15. The molecule has 0 aliphatic carbocycles. The van der Waals surface area contributed by atoms with Gasteiger partial charge in [0.15, 0.2) is 5.51 Å². The maximum Gasteiger partial charge on any atom is 0.152 e. The topological polar surface area (TPSA) is 12.9 Å². The fraction of sp³-hybridized carbons (Fsp3) is 0.308. The maximum absolute atomic E-state index is 4.20. The van der Waals surface area contributed by atoms with Crippen molar-refractivity contribution in [2.45, 2.75) is 26.7 Å². The Morgan fingerprint density at radius 3 is 2.67 bits per heavy atom. The van der Waals surface area contributed by atoms with E-state index in [4.69, 9.17) is 0 Å². The molecule has 0 bridgehead atoms. The van der Waals surface area contributed by atoms with Gasteiger partial charge >= 0.3 is 0 Å². The van der Waals surface area contributed by atoms with E-state index in [2.05, 4.69) is 49.5 Å². The van der Waals surface area contributed by atoms with E-state index < -0.39 is 0 Å². The van der Waals surface area contributed by atoms with Crippen molar-refractivity contribution in [3.05, 3.63) is 40.2 Å². The quantitative estimate of drug-likeness (QED) is 0.738. The molecule has 0 spiro atoms. The molecule has 1 aromatic heterocycles. The zero-order valence-corrected chi connectivity index (χ0v) is 10.1. The third-order valence-electron chi connectivity index (χ3n) is 2.58. The van der Waals surface area contributed by atoms with Gasteiger partial charge in [-0.15, -0.1) is 11.3 Å². The number of aromatic nitrogens is 1. The van der Waals surface area contributed by atoms with Crippen LogP contribution in [0.15, 0.2) is 23.6 Å². The van der Waals surface area contributed by atoms with Crippen LogP contribution < -0.4 is 0 Å². The van der Waals surface area contributed by atoms with E-state index in [1.807, 2.05) is 5.38 Å². The van der Waals surface area contributed by atoms with E-state index in [1.54, 1.807) is 0 Å². The average Bonchev–Trinajstić information content (AvgIpc) is 2.69. The molecule has 0 aliphatic rings. The first kappa shape index (κ1) is 10.4. The van der Waals surface area contributed by atoms with Crippen molar-refractivity contribution in [1.82, 2.24) is 4.98 Å². The third-order valence-corrected chi connectivity index (χ3v) is 3.11. The Kier molecular flexibility index (Phi) is 2.87. The molecule has 15 heavy (non-hydrogen) atoms. The van der Waals surface area contributed by atoms with Crippen LogP contribution in [-0.2, 0) is 0 Å². The Morgan fingerprint density at radius 2 is 2.13 bits per heavy atom. The summed E-state index contributed by atoms with van der Waals surface area (Å²) in [6, 6.07) is 6.55. The summed E-state index contributed by atoms with van der Waals surface area (Å²) in [5.41, 5.74) is 7.85. The van der Waals surface area contributed by atoms with Crippen LogP contribution in [0.3, 0.4) is 0 Å². The molecule has 1 heterocycles. The summed E-state index contributed by atoms with van der Waals surface area (Å²) in [7, 11) is 0. The minimum absolute atomic E-state index is 0.584. The molecule has 0 N–H and O–H groups in total. The monoisotopic (exact) mass is 216 g/mol. The molecule has 0 fully saturated rings. The molecule has 0 saturated carbocycles. The zero-order valence-electron chi connectivity index (χ0n) is 9.24. The fourth-order valence-electron chi connectivity index (χ4n) is 1.80. The normalized spacial score (nSPS) is 10.9. The van der Waals surface area contributed by atoms with Crippen molar-refractivity contribution < 1.29 is 0 Å². The standard InChI is InChI=1S/C13H14NS/c1-9(2)12-5-4-11(6-10(12)3)13-7-15-8-14-13/h4-7,9H,1-3H3. The molecule has 1 aromatic carbocycles. The van der Waals surface area contributed by atoms with Crippen LogP contribution in [0.2, 0.25) is 0 Å². The van der Waals surface area contributed by atoms with Crippen LogP contribution in [0.5, 0.6) is 0 Å². The summed E-state index contributed by atoms with van der Waals surface area (Å²) in [5, 5.41) is 2.03. The van der Waals surface area contributed by atoms with Gasteiger partial charge in [-0.2, -0.15) is 0 Å². The molecule has 0 aliphatic heterocycles. The van der Waals surface area contributed by atoms with Crippen LogP contribution in [0.25, 0.3) is 11.3 Å². The first-order chi connectivity index (χ1) is 7.18. The summed E-state index contributed by atoms with van der Waals surface area (Å²) in [6.45, 7) is 6.60. The summed E-state index contributed by atoms with van der Waals surface area (Å²) >= 11 is 1.51. The Balaban J connectivity index is 2.42. The highest BCUT2D eigenvalue weighted by atomic mass is 32.1. The largest absolute Gasteiger partial charge is 0.233 e. The summed E-state index contributed by atoms with van der Waals surface area (Å²) in [4.78, 5) is 4.20. The van der Waals surface area contributed by atoms with Gasteiger partial charge in [0.05, 0.1) is 5.69 Å². The molecule has 77 valence electrons. The number of rotatable bonds is 2. The second-order valence-corrected chi connectivity index (χ2v) is 4.70. The van der Waals surface area contributed by atoms with Crippen molar-refractivity contribution in [2.75, 3.05) is 0 Å². The van der Waals surface area contributed by atoms with Crippen molar-refractivity contribution in [2.24, 2.45) is 0 Å². The Hall–Kier alpha value is -1.15. The van der Waals surface area contributed by atoms with E-state index in [1.165, 1.54) is 28.0 Å². The van der Waals surface area contributed by atoms with Crippen LogP contribution in [0.4, 0.5) is 0 Å². The van der Waals surface area contributed by atoms with Crippen molar-refractivity contribution in [3.8, 4) is 11.3 Å². The highest BCUT2D eigenvalue weighted by molar-refractivity contribution is 7.07. The number of nitrogens with zero attached hydrogens (tertiary/aromatic N) is 1. The maximum atomic E-state index is 4.20. The lowest BCUT2D eigenvalue weighted by Gasteiger charge is -2.10. The lowest BCUT2D eigenvalue weighted by molar-refractivity contribution is 0.857. The predicted octanol–water partition coefficient (Wildman–Crippen LogP) is 4.04. The lowest BCUT2D eigenvalue weighted by Crippen LogP contribution is -1.92. The molecule has 0 unspecified atom stereocenters. The Labute approximate surface area is 94.8 Å². The van der Waals surface area contributed by atoms with Crippen molar-refractivity contribution >= 4 is 11.3 Å². The van der Waals surface area contributed by atoms with Gasteiger partial charge in [-0.3, -0.25) is 0 Å². The second-order valence-electron chi connectivity index (χ2n) is 4.05. The molecule has 2 aromatic rings. The molecule has 2 heteroatoms. The molecule has 2 rings (SSSR count). The first-order valence-electron chi connectivity index (χ1n) is 5.11.